The molecule has 8 heteroatoms. The Balaban J connectivity index is 1.56. The van der Waals surface area contributed by atoms with Crippen molar-refractivity contribution in [3.63, 3.8) is 0 Å². The van der Waals surface area contributed by atoms with E-state index in [4.69, 9.17) is 4.74 Å². The van der Waals surface area contributed by atoms with Crippen LogP contribution in [0, 0.1) is 11.2 Å². The van der Waals surface area contributed by atoms with Crippen LogP contribution >= 0.6 is 0 Å². The Morgan fingerprint density at radius 1 is 1.44 bits per heavy atom. The topological polar surface area (TPSA) is 83.7 Å². The third kappa shape index (κ3) is 4.84. The lowest BCUT2D eigenvalue weighted by molar-refractivity contribution is 0.127. The SMILES string of the molecule is CN=C(NCc1ccc(-n2ccnc2)c(F)c1)NCC1(CCO)CCOC1. The van der Waals surface area contributed by atoms with Gasteiger partial charge in [-0.15, -0.1) is 0 Å². The van der Waals surface area contributed by atoms with Gasteiger partial charge in [0, 0.05) is 51.2 Å². The molecule has 1 unspecified atom stereocenters. The van der Waals surface area contributed by atoms with E-state index < -0.39 is 0 Å². The summed E-state index contributed by atoms with van der Waals surface area (Å²) in [6, 6.07) is 5.11. The van der Waals surface area contributed by atoms with Crippen molar-refractivity contribution in [3.05, 3.63) is 48.3 Å². The summed E-state index contributed by atoms with van der Waals surface area (Å²) in [5, 5.41) is 15.8. The molecular weight excluding hydrogens is 349 g/mol. The van der Waals surface area contributed by atoms with Crippen LogP contribution in [-0.2, 0) is 11.3 Å². The predicted molar refractivity (Wildman–Crippen MR) is 101 cm³/mol. The van der Waals surface area contributed by atoms with Gasteiger partial charge in [0.25, 0.3) is 0 Å². The first-order chi connectivity index (χ1) is 13.2. The highest BCUT2D eigenvalue weighted by Gasteiger charge is 2.34. The number of imidazole rings is 1. The predicted octanol–water partition coefficient (Wildman–Crippen LogP) is 1.47. The van der Waals surface area contributed by atoms with E-state index in [9.17, 15) is 9.50 Å². The Kier molecular flexibility index (Phi) is 6.41. The number of guanidine groups is 1. The number of hydrogen-bond acceptors (Lipinski definition) is 4. The van der Waals surface area contributed by atoms with Crippen molar-refractivity contribution in [1.29, 1.82) is 0 Å². The second-order valence-corrected chi connectivity index (χ2v) is 6.81. The highest BCUT2D eigenvalue weighted by Crippen LogP contribution is 2.31. The second kappa shape index (κ2) is 8.96. The van der Waals surface area contributed by atoms with Gasteiger partial charge in [0.1, 0.15) is 5.82 Å². The molecule has 1 aliphatic rings. The molecule has 1 aliphatic heterocycles. The third-order valence-corrected chi connectivity index (χ3v) is 4.94. The van der Waals surface area contributed by atoms with Gasteiger partial charge in [-0.2, -0.15) is 0 Å². The second-order valence-electron chi connectivity index (χ2n) is 6.81. The van der Waals surface area contributed by atoms with Crippen LogP contribution in [-0.4, -0.2) is 54.0 Å². The van der Waals surface area contributed by atoms with E-state index in [2.05, 4.69) is 20.6 Å². The van der Waals surface area contributed by atoms with Crippen molar-refractivity contribution in [2.45, 2.75) is 19.4 Å². The molecule has 2 aromatic rings. The number of rotatable bonds is 7. The molecule has 0 spiro atoms. The molecule has 1 saturated heterocycles. The molecule has 7 nitrogen and oxygen atoms in total. The van der Waals surface area contributed by atoms with E-state index in [-0.39, 0.29) is 17.8 Å². The van der Waals surface area contributed by atoms with Gasteiger partial charge in [-0.25, -0.2) is 9.37 Å². The lowest BCUT2D eigenvalue weighted by Crippen LogP contribution is -2.44. The minimum absolute atomic E-state index is 0.0646. The van der Waals surface area contributed by atoms with E-state index in [0.717, 1.165) is 18.6 Å². The molecule has 27 heavy (non-hydrogen) atoms. The van der Waals surface area contributed by atoms with Crippen LogP contribution in [0.3, 0.4) is 0 Å². The number of halogens is 1. The normalized spacial score (nSPS) is 20.0. The van der Waals surface area contributed by atoms with E-state index in [1.807, 2.05) is 6.07 Å². The number of nitrogens with one attached hydrogen (secondary N) is 2. The molecule has 3 N–H and O–H groups in total. The summed E-state index contributed by atoms with van der Waals surface area (Å²) in [5.41, 5.74) is 1.21. The average Bonchev–Trinajstić information content (AvgIpc) is 3.35. The summed E-state index contributed by atoms with van der Waals surface area (Å²) in [6.45, 7) is 2.61. The molecule has 0 bridgehead atoms. The Morgan fingerprint density at radius 2 is 2.33 bits per heavy atom. The molecule has 0 aliphatic carbocycles. The Hall–Kier alpha value is -2.45. The quantitative estimate of drug-likeness (QED) is 0.504. The fraction of sp³-hybridized carbons (Fsp3) is 0.474. The number of aliphatic hydroxyl groups is 1. The molecule has 2 heterocycles. The average molecular weight is 375 g/mol. The summed E-state index contributed by atoms with van der Waals surface area (Å²) in [5.74, 6) is 0.332. The number of ether oxygens (including phenoxy) is 1. The maximum Gasteiger partial charge on any atom is 0.191 e. The molecule has 0 saturated carbocycles. The van der Waals surface area contributed by atoms with Crippen molar-refractivity contribution < 1.29 is 14.2 Å². The van der Waals surface area contributed by atoms with Gasteiger partial charge in [0.15, 0.2) is 5.96 Å². The van der Waals surface area contributed by atoms with Crippen molar-refractivity contribution in [1.82, 2.24) is 20.2 Å². The van der Waals surface area contributed by atoms with Crippen LogP contribution in [0.2, 0.25) is 0 Å². The first-order valence-corrected chi connectivity index (χ1v) is 9.06. The molecular formula is C19H26FN5O2. The van der Waals surface area contributed by atoms with Crippen LogP contribution in [0.4, 0.5) is 4.39 Å². The van der Waals surface area contributed by atoms with Crippen LogP contribution < -0.4 is 10.6 Å². The third-order valence-electron chi connectivity index (χ3n) is 4.94. The van der Waals surface area contributed by atoms with Crippen LogP contribution in [0.5, 0.6) is 0 Å². The lowest BCUT2D eigenvalue weighted by Gasteiger charge is -2.27. The smallest absolute Gasteiger partial charge is 0.191 e. The summed E-state index contributed by atoms with van der Waals surface area (Å²) >= 11 is 0. The number of aliphatic imine (C=N–C) groups is 1. The van der Waals surface area contributed by atoms with Gasteiger partial charge in [0.2, 0.25) is 0 Å². The van der Waals surface area contributed by atoms with Crippen molar-refractivity contribution in [3.8, 4) is 5.69 Å². The molecule has 0 amide bonds. The fourth-order valence-corrected chi connectivity index (χ4v) is 3.26. The lowest BCUT2D eigenvalue weighted by atomic mass is 9.84. The Bertz CT molecular complexity index is 757. The molecule has 1 aromatic heterocycles. The van der Waals surface area contributed by atoms with Gasteiger partial charge >= 0.3 is 0 Å². The minimum atomic E-state index is -0.305. The maximum absolute atomic E-state index is 14.3. The molecule has 146 valence electrons. The fourth-order valence-electron chi connectivity index (χ4n) is 3.26. The van der Waals surface area contributed by atoms with Crippen LogP contribution in [0.1, 0.15) is 18.4 Å². The van der Waals surface area contributed by atoms with Gasteiger partial charge in [-0.1, -0.05) is 6.07 Å². The number of aliphatic hydroxyl groups excluding tert-OH is 1. The van der Waals surface area contributed by atoms with E-state index >= 15 is 0 Å². The highest BCUT2D eigenvalue weighted by molar-refractivity contribution is 5.79. The summed E-state index contributed by atoms with van der Waals surface area (Å²) in [4.78, 5) is 8.16. The molecule has 1 aromatic carbocycles. The molecule has 1 atom stereocenters. The summed E-state index contributed by atoms with van der Waals surface area (Å²) < 4.78 is 21.5. The number of benzene rings is 1. The first kappa shape index (κ1) is 19.3. The van der Waals surface area contributed by atoms with Crippen molar-refractivity contribution >= 4 is 5.96 Å². The van der Waals surface area contributed by atoms with Crippen LogP contribution in [0.25, 0.3) is 5.69 Å². The van der Waals surface area contributed by atoms with Crippen molar-refractivity contribution in [2.75, 3.05) is 33.4 Å². The van der Waals surface area contributed by atoms with Gasteiger partial charge < -0.3 is 25.0 Å². The van der Waals surface area contributed by atoms with E-state index in [1.54, 1.807) is 36.4 Å². The zero-order valence-corrected chi connectivity index (χ0v) is 15.5. The van der Waals surface area contributed by atoms with Gasteiger partial charge in [-0.05, 0) is 30.5 Å². The minimum Gasteiger partial charge on any atom is -0.396 e. The van der Waals surface area contributed by atoms with E-state index in [1.165, 1.54) is 6.07 Å². The largest absolute Gasteiger partial charge is 0.396 e. The Morgan fingerprint density at radius 3 is 2.96 bits per heavy atom. The van der Waals surface area contributed by atoms with Crippen LogP contribution in [0.15, 0.2) is 41.9 Å². The highest BCUT2D eigenvalue weighted by atomic mass is 19.1. The Labute approximate surface area is 158 Å². The maximum atomic E-state index is 14.3. The number of hydrogen-bond donors (Lipinski definition) is 3. The zero-order valence-electron chi connectivity index (χ0n) is 15.5. The summed E-state index contributed by atoms with van der Waals surface area (Å²) in [6.07, 6.45) is 6.49. The molecule has 3 rings (SSSR count). The van der Waals surface area contributed by atoms with Gasteiger partial charge in [0.05, 0.1) is 18.6 Å². The number of nitrogens with zero attached hydrogens (tertiary/aromatic N) is 3. The zero-order chi connectivity index (χ0) is 19.1. The summed E-state index contributed by atoms with van der Waals surface area (Å²) in [7, 11) is 1.70. The van der Waals surface area contributed by atoms with E-state index in [0.29, 0.717) is 37.8 Å². The van der Waals surface area contributed by atoms with Gasteiger partial charge in [-0.3, -0.25) is 4.99 Å². The van der Waals surface area contributed by atoms with Crippen molar-refractivity contribution in [2.24, 2.45) is 10.4 Å². The monoisotopic (exact) mass is 375 g/mol. The molecule has 0 radical (unpaired) electrons. The molecule has 1 fully saturated rings. The first-order valence-electron chi connectivity index (χ1n) is 9.06. The number of aromatic nitrogens is 2. The standard InChI is InChI=1S/C19H26FN5O2/c1-21-18(24-12-19(4-8-26)5-9-27-13-19)23-11-15-2-3-17(16(20)10-15)25-7-6-22-14-25/h2-3,6-7,10,14,26H,4-5,8-9,11-13H2,1H3,(H2,21,23,24).